The van der Waals surface area contributed by atoms with Gasteiger partial charge in [0, 0.05) is 50.2 Å². The van der Waals surface area contributed by atoms with Gasteiger partial charge in [0.25, 0.3) is 5.91 Å². The van der Waals surface area contributed by atoms with Gasteiger partial charge in [-0.25, -0.2) is 4.39 Å². The summed E-state index contributed by atoms with van der Waals surface area (Å²) in [6, 6.07) is 6.32. The molecular weight excluding hydrogens is 321 g/mol. The molecular formula is C19H24FN3O2. The zero-order valence-corrected chi connectivity index (χ0v) is 14.4. The van der Waals surface area contributed by atoms with Crippen molar-refractivity contribution in [3.8, 4) is 11.1 Å². The summed E-state index contributed by atoms with van der Waals surface area (Å²) in [5, 5.41) is 9.43. The topological polar surface area (TPSA) is 59.6 Å². The number of aromatic nitrogens is 1. The van der Waals surface area contributed by atoms with Crippen molar-refractivity contribution in [2.45, 2.75) is 19.4 Å². The lowest BCUT2D eigenvalue weighted by Gasteiger charge is -2.38. The molecule has 0 aliphatic carbocycles. The lowest BCUT2D eigenvalue weighted by molar-refractivity contribution is 0.0473. The van der Waals surface area contributed by atoms with E-state index in [0.717, 1.165) is 30.6 Å². The van der Waals surface area contributed by atoms with E-state index < -0.39 is 0 Å². The Morgan fingerprint density at radius 1 is 1.20 bits per heavy atom. The number of nitrogens with one attached hydrogen (secondary N) is 1. The largest absolute Gasteiger partial charge is 0.395 e. The zero-order chi connectivity index (χ0) is 17.8. The van der Waals surface area contributed by atoms with E-state index in [1.807, 2.05) is 4.90 Å². The maximum absolute atomic E-state index is 13.1. The average molecular weight is 345 g/mol. The first kappa shape index (κ1) is 17.6. The summed E-state index contributed by atoms with van der Waals surface area (Å²) >= 11 is 0. The van der Waals surface area contributed by atoms with Gasteiger partial charge in [-0.1, -0.05) is 19.1 Å². The third kappa shape index (κ3) is 3.75. The molecule has 2 heterocycles. The van der Waals surface area contributed by atoms with E-state index in [2.05, 4.69) is 16.8 Å². The van der Waals surface area contributed by atoms with Crippen LogP contribution in [0.1, 0.15) is 23.7 Å². The predicted octanol–water partition coefficient (Wildman–Crippen LogP) is 2.35. The lowest BCUT2D eigenvalue weighted by Crippen LogP contribution is -2.52. The molecule has 1 saturated heterocycles. The molecule has 1 aromatic heterocycles. The molecule has 0 radical (unpaired) electrons. The van der Waals surface area contributed by atoms with Gasteiger partial charge >= 0.3 is 0 Å². The van der Waals surface area contributed by atoms with E-state index in [0.29, 0.717) is 18.7 Å². The van der Waals surface area contributed by atoms with E-state index in [1.54, 1.807) is 24.5 Å². The Kier molecular flexibility index (Phi) is 5.50. The lowest BCUT2D eigenvalue weighted by atomic mass is 10.0. The molecule has 1 aliphatic heterocycles. The van der Waals surface area contributed by atoms with Crippen LogP contribution in [0.4, 0.5) is 4.39 Å². The number of carbonyl (C=O) groups is 1. The smallest absolute Gasteiger partial charge is 0.256 e. The van der Waals surface area contributed by atoms with Crippen LogP contribution in [0.3, 0.4) is 0 Å². The predicted molar refractivity (Wildman–Crippen MR) is 94.8 cm³/mol. The molecule has 0 spiro atoms. The first-order chi connectivity index (χ1) is 12.1. The van der Waals surface area contributed by atoms with Crippen molar-refractivity contribution in [2.75, 3.05) is 32.8 Å². The van der Waals surface area contributed by atoms with Crippen LogP contribution in [0.15, 0.2) is 36.7 Å². The zero-order valence-electron chi connectivity index (χ0n) is 14.4. The van der Waals surface area contributed by atoms with E-state index in [1.165, 1.54) is 12.1 Å². The van der Waals surface area contributed by atoms with Crippen LogP contribution in [0.2, 0.25) is 0 Å². The monoisotopic (exact) mass is 345 g/mol. The second-order valence-electron chi connectivity index (χ2n) is 6.36. The summed E-state index contributed by atoms with van der Waals surface area (Å²) in [4.78, 5) is 20.0. The van der Waals surface area contributed by atoms with Crippen molar-refractivity contribution in [3.05, 3.63) is 48.0 Å². The molecule has 134 valence electrons. The number of hydrogen-bond acceptors (Lipinski definition) is 3. The first-order valence-corrected chi connectivity index (χ1v) is 8.71. The summed E-state index contributed by atoms with van der Waals surface area (Å²) in [5.41, 5.74) is 2.21. The quantitative estimate of drug-likeness (QED) is 0.875. The Morgan fingerprint density at radius 3 is 2.48 bits per heavy atom. The number of aromatic amines is 1. The molecule has 25 heavy (non-hydrogen) atoms. The summed E-state index contributed by atoms with van der Waals surface area (Å²) in [6.45, 7) is 5.03. The third-order valence-electron chi connectivity index (χ3n) is 4.93. The fourth-order valence-electron chi connectivity index (χ4n) is 3.37. The van der Waals surface area contributed by atoms with E-state index in [9.17, 15) is 14.3 Å². The van der Waals surface area contributed by atoms with Crippen molar-refractivity contribution < 1.29 is 14.3 Å². The number of aliphatic hydroxyl groups excluding tert-OH is 1. The van der Waals surface area contributed by atoms with Gasteiger partial charge in [-0.15, -0.1) is 0 Å². The summed E-state index contributed by atoms with van der Waals surface area (Å²) < 4.78 is 13.1. The second-order valence-corrected chi connectivity index (χ2v) is 6.36. The van der Waals surface area contributed by atoms with Gasteiger partial charge < -0.3 is 15.0 Å². The van der Waals surface area contributed by atoms with Crippen LogP contribution < -0.4 is 0 Å². The number of rotatable bonds is 5. The van der Waals surface area contributed by atoms with E-state index >= 15 is 0 Å². The normalized spacial score (nSPS) is 16.8. The maximum Gasteiger partial charge on any atom is 0.256 e. The molecule has 1 aromatic carbocycles. The minimum absolute atomic E-state index is 0.0164. The van der Waals surface area contributed by atoms with Crippen LogP contribution in [-0.4, -0.2) is 64.6 Å². The molecule has 2 aromatic rings. The Labute approximate surface area is 147 Å². The summed E-state index contributed by atoms with van der Waals surface area (Å²) in [6.07, 6.45) is 4.38. The number of hydrogen-bond donors (Lipinski definition) is 2. The Morgan fingerprint density at radius 2 is 1.88 bits per heavy atom. The van der Waals surface area contributed by atoms with Gasteiger partial charge in [0.1, 0.15) is 5.82 Å². The van der Waals surface area contributed by atoms with E-state index in [-0.39, 0.29) is 24.4 Å². The SMILES string of the molecule is CCC(CO)N1CCN(C(=O)c2c[nH]cc2-c2ccc(F)cc2)CC1. The molecule has 3 rings (SSSR count). The van der Waals surface area contributed by atoms with Crippen LogP contribution in [0.25, 0.3) is 11.1 Å². The number of aliphatic hydroxyl groups is 1. The Hall–Kier alpha value is -2.18. The van der Waals surface area contributed by atoms with Crippen molar-refractivity contribution >= 4 is 5.91 Å². The van der Waals surface area contributed by atoms with Gasteiger partial charge in [0.05, 0.1) is 12.2 Å². The van der Waals surface area contributed by atoms with Crippen molar-refractivity contribution in [3.63, 3.8) is 0 Å². The number of piperazine rings is 1. The summed E-state index contributed by atoms with van der Waals surface area (Å²) in [5.74, 6) is -0.310. The van der Waals surface area contributed by atoms with Crippen LogP contribution in [0.5, 0.6) is 0 Å². The van der Waals surface area contributed by atoms with Crippen LogP contribution in [-0.2, 0) is 0 Å². The molecule has 2 N–H and O–H groups in total. The molecule has 1 aliphatic rings. The van der Waals surface area contributed by atoms with Gasteiger partial charge in [-0.2, -0.15) is 0 Å². The number of H-pyrrole nitrogens is 1. The molecule has 6 heteroatoms. The fourth-order valence-corrected chi connectivity index (χ4v) is 3.37. The molecule has 0 bridgehead atoms. The highest BCUT2D eigenvalue weighted by Crippen LogP contribution is 2.25. The number of benzene rings is 1. The van der Waals surface area contributed by atoms with Crippen molar-refractivity contribution in [1.29, 1.82) is 0 Å². The highest BCUT2D eigenvalue weighted by atomic mass is 19.1. The van der Waals surface area contributed by atoms with Crippen molar-refractivity contribution in [2.24, 2.45) is 0 Å². The second kappa shape index (κ2) is 7.80. The summed E-state index contributed by atoms with van der Waals surface area (Å²) in [7, 11) is 0. The van der Waals surface area contributed by atoms with Gasteiger partial charge in [-0.3, -0.25) is 9.69 Å². The maximum atomic E-state index is 13.1. The Bertz CT molecular complexity index is 702. The van der Waals surface area contributed by atoms with E-state index in [4.69, 9.17) is 0 Å². The van der Waals surface area contributed by atoms with Crippen molar-refractivity contribution in [1.82, 2.24) is 14.8 Å². The fraction of sp³-hybridized carbons (Fsp3) is 0.421. The number of nitrogens with zero attached hydrogens (tertiary/aromatic N) is 2. The average Bonchev–Trinajstić information content (AvgIpc) is 3.13. The third-order valence-corrected chi connectivity index (χ3v) is 4.93. The van der Waals surface area contributed by atoms with Gasteiger partial charge in [0.15, 0.2) is 0 Å². The van der Waals surface area contributed by atoms with Gasteiger partial charge in [0.2, 0.25) is 0 Å². The molecule has 0 saturated carbocycles. The molecule has 1 fully saturated rings. The molecule has 1 atom stereocenters. The first-order valence-electron chi connectivity index (χ1n) is 8.71. The number of carbonyl (C=O) groups excluding carboxylic acids is 1. The minimum Gasteiger partial charge on any atom is -0.395 e. The molecule has 1 amide bonds. The Balaban J connectivity index is 1.71. The number of halogens is 1. The van der Waals surface area contributed by atoms with Crippen LogP contribution in [0, 0.1) is 5.82 Å². The highest BCUT2D eigenvalue weighted by molar-refractivity contribution is 6.00. The van der Waals surface area contributed by atoms with Crippen LogP contribution >= 0.6 is 0 Å². The number of amides is 1. The highest BCUT2D eigenvalue weighted by Gasteiger charge is 2.27. The minimum atomic E-state index is -0.294. The molecule has 1 unspecified atom stereocenters. The van der Waals surface area contributed by atoms with Gasteiger partial charge in [-0.05, 0) is 24.1 Å². The molecule has 5 nitrogen and oxygen atoms in total. The standard InChI is InChI=1S/C19H24FN3O2/c1-2-16(13-24)22-7-9-23(10-8-22)19(25)18-12-21-11-17(18)14-3-5-15(20)6-4-14/h3-6,11-12,16,21,24H,2,7-10,13H2,1H3.